The van der Waals surface area contributed by atoms with Crippen molar-refractivity contribution in [3.05, 3.63) is 70.8 Å². The number of benzene rings is 2. The third kappa shape index (κ3) is 7.66. The molecule has 5 nitrogen and oxygen atoms in total. The molecular weight excluding hydrogens is 438 g/mol. The van der Waals surface area contributed by atoms with Gasteiger partial charge in [-0.25, -0.2) is 4.79 Å². The monoisotopic (exact) mass is 479 g/mol. The summed E-state index contributed by atoms with van der Waals surface area (Å²) in [5.41, 5.74) is 4.74. The van der Waals surface area contributed by atoms with Crippen LogP contribution in [-0.4, -0.2) is 49.7 Å². The fourth-order valence-corrected chi connectivity index (χ4v) is 4.80. The number of hydrogen-bond donors (Lipinski definition) is 0. The summed E-state index contributed by atoms with van der Waals surface area (Å²) in [6, 6.07) is 16.6. The minimum atomic E-state index is -0.581. The number of rotatable bonds is 15. The molecule has 190 valence electrons. The van der Waals surface area contributed by atoms with E-state index < -0.39 is 6.10 Å². The van der Waals surface area contributed by atoms with Crippen LogP contribution in [0.15, 0.2) is 48.5 Å². The highest BCUT2D eigenvalue weighted by Gasteiger charge is 2.34. The largest absolute Gasteiger partial charge is 0.467 e. The van der Waals surface area contributed by atoms with E-state index in [-0.39, 0.29) is 17.8 Å². The van der Waals surface area contributed by atoms with E-state index in [2.05, 4.69) is 42.2 Å². The van der Waals surface area contributed by atoms with Crippen molar-refractivity contribution in [3.8, 4) is 0 Å². The van der Waals surface area contributed by atoms with E-state index in [1.807, 2.05) is 25.1 Å². The molecule has 0 saturated heterocycles. The lowest BCUT2D eigenvalue weighted by molar-refractivity contribution is -0.153. The first kappa shape index (κ1) is 26.9. The highest BCUT2D eigenvalue weighted by molar-refractivity contribution is 5.87. The van der Waals surface area contributed by atoms with Crippen LogP contribution >= 0.6 is 0 Å². The van der Waals surface area contributed by atoms with Crippen molar-refractivity contribution in [1.29, 1.82) is 0 Å². The Morgan fingerprint density at radius 3 is 2.34 bits per heavy atom. The first-order valence-corrected chi connectivity index (χ1v) is 13.2. The summed E-state index contributed by atoms with van der Waals surface area (Å²) in [5, 5.41) is 0. The van der Waals surface area contributed by atoms with E-state index in [4.69, 9.17) is 9.47 Å². The second-order valence-electron chi connectivity index (χ2n) is 9.43. The quantitative estimate of drug-likeness (QED) is 0.250. The normalized spacial score (nSPS) is 15.1. The Labute approximate surface area is 210 Å². The zero-order valence-electron chi connectivity index (χ0n) is 21.6. The standard InChI is InChI=1S/C30H41NO4/c1-4-6-7-8-11-19-31(29(32)27-22-25-12-9-10-13-26(25)27)20-18-23-14-16-24(17-15-23)21-28(35-5-2)30(33)34-3/h9-10,12-17,27-28H,4-8,11,18-22H2,1-3H3. The SMILES string of the molecule is CCCCCCCN(CCc1ccc(CC(OCC)C(=O)OC)cc1)C(=O)C1Cc2ccccc21. The van der Waals surface area contributed by atoms with Crippen LogP contribution in [0, 0.1) is 0 Å². The minimum Gasteiger partial charge on any atom is -0.467 e. The van der Waals surface area contributed by atoms with Crippen molar-refractivity contribution >= 4 is 11.9 Å². The molecule has 1 aliphatic carbocycles. The van der Waals surface area contributed by atoms with Crippen LogP contribution < -0.4 is 0 Å². The Morgan fingerprint density at radius 1 is 0.943 bits per heavy atom. The van der Waals surface area contributed by atoms with Crippen LogP contribution in [-0.2, 0) is 38.3 Å². The van der Waals surface area contributed by atoms with Gasteiger partial charge in [-0.2, -0.15) is 0 Å². The Balaban J connectivity index is 1.58. The molecule has 1 aliphatic rings. The zero-order chi connectivity index (χ0) is 25.0. The number of fused-ring (bicyclic) bond motifs is 1. The summed E-state index contributed by atoms with van der Waals surface area (Å²) in [4.78, 5) is 27.4. The number of hydrogen-bond acceptors (Lipinski definition) is 4. The number of amides is 1. The van der Waals surface area contributed by atoms with Crippen molar-refractivity contribution in [2.45, 2.75) is 77.2 Å². The Hall–Kier alpha value is -2.66. The van der Waals surface area contributed by atoms with Crippen molar-refractivity contribution in [2.24, 2.45) is 0 Å². The predicted octanol–water partition coefficient (Wildman–Crippen LogP) is 5.49. The number of esters is 1. The maximum absolute atomic E-state index is 13.4. The molecule has 0 spiro atoms. The molecular formula is C30H41NO4. The Kier molecular flexibility index (Phi) is 10.8. The minimum absolute atomic E-state index is 0.0121. The summed E-state index contributed by atoms with van der Waals surface area (Å²) in [7, 11) is 1.39. The summed E-state index contributed by atoms with van der Waals surface area (Å²) in [6.07, 6.45) is 7.55. The van der Waals surface area contributed by atoms with Crippen LogP contribution in [0.4, 0.5) is 0 Å². The maximum Gasteiger partial charge on any atom is 0.335 e. The number of ether oxygens (including phenoxy) is 2. The topological polar surface area (TPSA) is 55.8 Å². The van der Waals surface area contributed by atoms with Crippen molar-refractivity contribution in [3.63, 3.8) is 0 Å². The molecule has 2 unspecified atom stereocenters. The first-order valence-electron chi connectivity index (χ1n) is 13.2. The molecule has 0 N–H and O–H groups in total. The maximum atomic E-state index is 13.4. The van der Waals surface area contributed by atoms with Gasteiger partial charge in [-0.15, -0.1) is 0 Å². The average Bonchev–Trinajstić information content (AvgIpc) is 2.86. The Bertz CT molecular complexity index is 940. The Morgan fingerprint density at radius 2 is 1.66 bits per heavy atom. The van der Waals surface area contributed by atoms with Gasteiger partial charge < -0.3 is 14.4 Å². The van der Waals surface area contributed by atoms with E-state index in [9.17, 15) is 9.59 Å². The predicted molar refractivity (Wildman–Crippen MR) is 140 cm³/mol. The number of nitrogens with zero attached hydrogens (tertiary/aromatic N) is 1. The molecule has 1 amide bonds. The molecule has 0 heterocycles. The van der Waals surface area contributed by atoms with Gasteiger partial charge in [-0.05, 0) is 48.4 Å². The molecule has 0 radical (unpaired) electrons. The van der Waals surface area contributed by atoms with E-state index in [0.29, 0.717) is 13.0 Å². The molecule has 5 heteroatoms. The number of carbonyl (C=O) groups is 2. The second kappa shape index (κ2) is 14.0. The van der Waals surface area contributed by atoms with Crippen LogP contribution in [0.3, 0.4) is 0 Å². The average molecular weight is 480 g/mol. The van der Waals surface area contributed by atoms with Gasteiger partial charge in [0.1, 0.15) is 0 Å². The van der Waals surface area contributed by atoms with E-state index in [1.54, 1.807) is 0 Å². The smallest absolute Gasteiger partial charge is 0.335 e. The van der Waals surface area contributed by atoms with Gasteiger partial charge in [0.25, 0.3) is 0 Å². The fraction of sp³-hybridized carbons (Fsp3) is 0.533. The summed E-state index contributed by atoms with van der Waals surface area (Å²) in [6.45, 7) is 6.12. The van der Waals surface area contributed by atoms with E-state index in [1.165, 1.54) is 49.5 Å². The van der Waals surface area contributed by atoms with E-state index >= 15 is 0 Å². The van der Waals surface area contributed by atoms with Crippen LogP contribution in [0.1, 0.15) is 74.1 Å². The molecule has 0 saturated carbocycles. The third-order valence-electron chi connectivity index (χ3n) is 6.94. The van der Waals surface area contributed by atoms with Crippen LogP contribution in [0.5, 0.6) is 0 Å². The molecule has 0 bridgehead atoms. The van der Waals surface area contributed by atoms with Crippen molar-refractivity contribution in [2.75, 3.05) is 26.8 Å². The molecule has 2 aromatic carbocycles. The van der Waals surface area contributed by atoms with Gasteiger partial charge in [-0.3, -0.25) is 4.79 Å². The van der Waals surface area contributed by atoms with Gasteiger partial charge in [-0.1, -0.05) is 81.1 Å². The summed E-state index contributed by atoms with van der Waals surface area (Å²) < 4.78 is 10.4. The molecule has 2 aromatic rings. The molecule has 2 atom stereocenters. The number of methoxy groups -OCH3 is 1. The third-order valence-corrected chi connectivity index (χ3v) is 6.94. The number of unbranched alkanes of at least 4 members (excludes halogenated alkanes) is 4. The van der Waals surface area contributed by atoms with Gasteiger partial charge >= 0.3 is 5.97 Å². The summed E-state index contributed by atoms with van der Waals surface area (Å²) >= 11 is 0. The summed E-state index contributed by atoms with van der Waals surface area (Å²) in [5.74, 6) is -0.0620. The van der Waals surface area contributed by atoms with Gasteiger partial charge in [0, 0.05) is 26.1 Å². The molecule has 0 aromatic heterocycles. The van der Waals surface area contributed by atoms with Crippen molar-refractivity contribution < 1.29 is 19.1 Å². The lowest BCUT2D eigenvalue weighted by atomic mass is 9.77. The highest BCUT2D eigenvalue weighted by atomic mass is 16.6. The lowest BCUT2D eigenvalue weighted by Crippen LogP contribution is -2.41. The van der Waals surface area contributed by atoms with Gasteiger partial charge in [0.15, 0.2) is 6.10 Å². The number of carbonyl (C=O) groups excluding carboxylic acids is 2. The molecule has 3 rings (SSSR count). The van der Waals surface area contributed by atoms with Gasteiger partial charge in [0.05, 0.1) is 13.0 Å². The van der Waals surface area contributed by atoms with Gasteiger partial charge in [0.2, 0.25) is 5.91 Å². The van der Waals surface area contributed by atoms with Crippen LogP contribution in [0.2, 0.25) is 0 Å². The lowest BCUT2D eigenvalue weighted by Gasteiger charge is -2.34. The molecule has 0 aliphatic heterocycles. The first-order chi connectivity index (χ1) is 17.1. The zero-order valence-corrected chi connectivity index (χ0v) is 21.6. The van der Waals surface area contributed by atoms with E-state index in [0.717, 1.165) is 37.9 Å². The van der Waals surface area contributed by atoms with Crippen LogP contribution in [0.25, 0.3) is 0 Å². The fourth-order valence-electron chi connectivity index (χ4n) is 4.80. The van der Waals surface area contributed by atoms with Crippen molar-refractivity contribution in [1.82, 2.24) is 4.90 Å². The highest BCUT2D eigenvalue weighted by Crippen LogP contribution is 2.36. The second-order valence-corrected chi connectivity index (χ2v) is 9.43. The molecule has 0 fully saturated rings. The molecule has 35 heavy (non-hydrogen) atoms.